The first kappa shape index (κ1) is 15.3. The Kier molecular flexibility index (Phi) is 4.18. The van der Waals surface area contributed by atoms with Gasteiger partial charge in [-0.1, -0.05) is 6.07 Å². The van der Waals surface area contributed by atoms with E-state index in [2.05, 4.69) is 0 Å². The molecule has 1 saturated heterocycles. The zero-order chi connectivity index (χ0) is 16.4. The molecule has 23 heavy (non-hydrogen) atoms. The Bertz CT molecular complexity index is 645. The molecule has 122 valence electrons. The number of rotatable bonds is 4. The van der Waals surface area contributed by atoms with Crippen LogP contribution in [-0.2, 0) is 25.6 Å². The van der Waals surface area contributed by atoms with Crippen LogP contribution >= 0.6 is 0 Å². The number of hydrogen-bond acceptors (Lipinski definition) is 5. The van der Waals surface area contributed by atoms with E-state index in [1.54, 1.807) is 9.80 Å². The third-order valence-electron chi connectivity index (χ3n) is 4.25. The average molecular weight is 318 g/mol. The predicted octanol–water partition coefficient (Wildman–Crippen LogP) is 1.61. The van der Waals surface area contributed by atoms with E-state index in [4.69, 9.17) is 9.47 Å². The minimum atomic E-state index is -0.363. The van der Waals surface area contributed by atoms with Crippen LogP contribution in [0.3, 0.4) is 0 Å². The number of methoxy groups -OCH3 is 1. The maximum Gasteiger partial charge on any atom is 0.414 e. The fourth-order valence-corrected chi connectivity index (χ4v) is 3.07. The highest BCUT2D eigenvalue weighted by Gasteiger charge is 2.32. The molecule has 0 N–H and O–H groups in total. The van der Waals surface area contributed by atoms with Crippen molar-refractivity contribution >= 4 is 24.2 Å². The lowest BCUT2D eigenvalue weighted by atomic mass is 10.0. The summed E-state index contributed by atoms with van der Waals surface area (Å²) in [5.41, 5.74) is 2.59. The van der Waals surface area contributed by atoms with Crippen LogP contribution in [0, 0.1) is 0 Å². The van der Waals surface area contributed by atoms with Crippen molar-refractivity contribution in [1.82, 2.24) is 4.90 Å². The molecule has 2 aliphatic heterocycles. The lowest BCUT2D eigenvalue weighted by molar-refractivity contribution is -0.142. The molecule has 0 aliphatic carbocycles. The minimum Gasteiger partial charge on any atom is -0.469 e. The van der Waals surface area contributed by atoms with E-state index >= 15 is 0 Å². The fraction of sp³-hybridized carbons (Fsp3) is 0.438. The SMILES string of the molecule is COC(=O)CC1c2ccc(N3CCCOC3=O)cc2CN1C=O. The van der Waals surface area contributed by atoms with E-state index in [-0.39, 0.29) is 24.5 Å². The van der Waals surface area contributed by atoms with E-state index in [1.165, 1.54) is 7.11 Å². The van der Waals surface area contributed by atoms with E-state index in [9.17, 15) is 14.4 Å². The highest BCUT2D eigenvalue weighted by Crippen LogP contribution is 2.37. The number of fused-ring (bicyclic) bond motifs is 1. The van der Waals surface area contributed by atoms with Crippen LogP contribution in [0.5, 0.6) is 0 Å². The van der Waals surface area contributed by atoms with Crippen LogP contribution in [0.15, 0.2) is 18.2 Å². The zero-order valence-corrected chi connectivity index (χ0v) is 12.9. The molecule has 0 aromatic heterocycles. The number of anilines is 1. The topological polar surface area (TPSA) is 76.2 Å². The number of hydrogen-bond donors (Lipinski definition) is 0. The van der Waals surface area contributed by atoms with Gasteiger partial charge in [-0.25, -0.2) is 4.79 Å². The molecule has 0 radical (unpaired) electrons. The summed E-state index contributed by atoms with van der Waals surface area (Å²) in [6.45, 7) is 1.47. The Labute approximate surface area is 133 Å². The van der Waals surface area contributed by atoms with Crippen molar-refractivity contribution in [3.05, 3.63) is 29.3 Å². The van der Waals surface area contributed by atoms with Crippen molar-refractivity contribution in [3.8, 4) is 0 Å². The van der Waals surface area contributed by atoms with Gasteiger partial charge in [-0.2, -0.15) is 0 Å². The van der Waals surface area contributed by atoms with Crippen molar-refractivity contribution < 1.29 is 23.9 Å². The predicted molar refractivity (Wildman–Crippen MR) is 80.7 cm³/mol. The van der Waals surface area contributed by atoms with Gasteiger partial charge in [0, 0.05) is 18.8 Å². The minimum absolute atomic E-state index is 0.118. The van der Waals surface area contributed by atoms with Gasteiger partial charge in [0.15, 0.2) is 0 Å². The molecule has 1 unspecified atom stereocenters. The number of nitrogens with zero attached hydrogens (tertiary/aromatic N) is 2. The van der Waals surface area contributed by atoms with Gasteiger partial charge in [-0.3, -0.25) is 14.5 Å². The summed E-state index contributed by atoms with van der Waals surface area (Å²) in [5, 5.41) is 0. The largest absolute Gasteiger partial charge is 0.469 e. The van der Waals surface area contributed by atoms with E-state index in [1.807, 2.05) is 18.2 Å². The van der Waals surface area contributed by atoms with Crippen LogP contribution in [0.4, 0.5) is 10.5 Å². The normalized spacial score (nSPS) is 20.0. The van der Waals surface area contributed by atoms with Crippen molar-refractivity contribution in [3.63, 3.8) is 0 Å². The third kappa shape index (κ3) is 2.86. The Balaban J connectivity index is 1.87. The molecule has 0 spiro atoms. The van der Waals surface area contributed by atoms with Crippen LogP contribution in [0.2, 0.25) is 0 Å². The average Bonchev–Trinajstić information content (AvgIpc) is 2.92. The van der Waals surface area contributed by atoms with Gasteiger partial charge >= 0.3 is 12.1 Å². The van der Waals surface area contributed by atoms with Crippen molar-refractivity contribution in [2.45, 2.75) is 25.4 Å². The number of carbonyl (C=O) groups excluding carboxylic acids is 3. The van der Waals surface area contributed by atoms with E-state index < -0.39 is 0 Å². The van der Waals surface area contributed by atoms with Gasteiger partial charge in [-0.05, 0) is 29.7 Å². The molecule has 3 rings (SSSR count). The van der Waals surface area contributed by atoms with Crippen LogP contribution in [0.1, 0.15) is 30.0 Å². The quantitative estimate of drug-likeness (QED) is 0.623. The molecule has 7 nitrogen and oxygen atoms in total. The second kappa shape index (κ2) is 6.28. The molecule has 7 heteroatoms. The summed E-state index contributed by atoms with van der Waals surface area (Å²) in [6.07, 6.45) is 1.29. The maximum atomic E-state index is 11.8. The Hall–Kier alpha value is -2.57. The molecule has 0 saturated carbocycles. The van der Waals surface area contributed by atoms with Crippen molar-refractivity contribution in [1.29, 1.82) is 0 Å². The molecule has 1 fully saturated rings. The molecule has 2 amide bonds. The Morgan fingerprint density at radius 2 is 2.30 bits per heavy atom. The monoisotopic (exact) mass is 318 g/mol. The van der Waals surface area contributed by atoms with Crippen LogP contribution < -0.4 is 4.90 Å². The first-order chi connectivity index (χ1) is 11.1. The molecule has 2 heterocycles. The van der Waals surface area contributed by atoms with E-state index in [0.717, 1.165) is 29.6 Å². The number of carbonyl (C=O) groups is 3. The summed E-state index contributed by atoms with van der Waals surface area (Å²) < 4.78 is 9.76. The molecule has 0 bridgehead atoms. The second-order valence-corrected chi connectivity index (χ2v) is 5.58. The number of amides is 2. The highest BCUT2D eigenvalue weighted by molar-refractivity contribution is 5.88. The highest BCUT2D eigenvalue weighted by atomic mass is 16.6. The zero-order valence-electron chi connectivity index (χ0n) is 12.9. The van der Waals surface area contributed by atoms with E-state index in [0.29, 0.717) is 19.7 Å². The maximum absolute atomic E-state index is 11.8. The Morgan fingerprint density at radius 1 is 1.48 bits per heavy atom. The number of cyclic esters (lactones) is 1. The van der Waals surface area contributed by atoms with Gasteiger partial charge in [0.25, 0.3) is 0 Å². The molecular weight excluding hydrogens is 300 g/mol. The van der Waals surface area contributed by atoms with Crippen LogP contribution in [-0.4, -0.2) is 43.6 Å². The fourth-order valence-electron chi connectivity index (χ4n) is 3.07. The Morgan fingerprint density at radius 3 is 3.00 bits per heavy atom. The second-order valence-electron chi connectivity index (χ2n) is 5.58. The third-order valence-corrected chi connectivity index (χ3v) is 4.25. The molecule has 2 aliphatic rings. The molecule has 1 atom stereocenters. The number of ether oxygens (including phenoxy) is 2. The smallest absolute Gasteiger partial charge is 0.414 e. The van der Waals surface area contributed by atoms with Gasteiger partial charge < -0.3 is 14.4 Å². The molecular formula is C16H18N2O5. The first-order valence-corrected chi connectivity index (χ1v) is 7.49. The van der Waals surface area contributed by atoms with Gasteiger partial charge in [0.05, 0.1) is 26.2 Å². The summed E-state index contributed by atoms with van der Waals surface area (Å²) >= 11 is 0. The number of benzene rings is 1. The van der Waals surface area contributed by atoms with Gasteiger partial charge in [0.2, 0.25) is 6.41 Å². The summed E-state index contributed by atoms with van der Waals surface area (Å²) in [5.74, 6) is -0.363. The lowest BCUT2D eigenvalue weighted by Gasteiger charge is -2.26. The molecule has 1 aromatic rings. The van der Waals surface area contributed by atoms with Gasteiger partial charge in [-0.15, -0.1) is 0 Å². The summed E-state index contributed by atoms with van der Waals surface area (Å²) in [7, 11) is 1.33. The van der Waals surface area contributed by atoms with Crippen molar-refractivity contribution in [2.24, 2.45) is 0 Å². The first-order valence-electron chi connectivity index (χ1n) is 7.49. The van der Waals surface area contributed by atoms with Crippen LogP contribution in [0.25, 0.3) is 0 Å². The van der Waals surface area contributed by atoms with Gasteiger partial charge in [0.1, 0.15) is 0 Å². The standard InChI is InChI=1S/C16H18N2O5/c1-22-15(20)8-14-13-4-3-12(7-11(13)9-17(14)10-19)18-5-2-6-23-16(18)21/h3-4,7,10,14H,2,5-6,8-9H2,1H3. The molecule has 1 aromatic carbocycles. The summed E-state index contributed by atoms with van der Waals surface area (Å²) in [4.78, 5) is 37.8. The summed E-state index contributed by atoms with van der Waals surface area (Å²) in [6, 6.07) is 5.25. The lowest BCUT2D eigenvalue weighted by Crippen LogP contribution is -2.37. The number of esters is 1. The van der Waals surface area contributed by atoms with Crippen molar-refractivity contribution in [2.75, 3.05) is 25.2 Å².